The van der Waals surface area contributed by atoms with Crippen molar-refractivity contribution in [3.05, 3.63) is 77.2 Å². The molecule has 2 fully saturated rings. The van der Waals surface area contributed by atoms with Crippen LogP contribution >= 0.6 is 11.3 Å². The predicted octanol–water partition coefficient (Wildman–Crippen LogP) is 6.39. The van der Waals surface area contributed by atoms with Gasteiger partial charge in [-0.15, -0.1) is 11.3 Å². The highest BCUT2D eigenvalue weighted by atomic mass is 32.1. The average molecular weight is 935 g/mol. The van der Waals surface area contributed by atoms with Crippen LogP contribution in [0, 0.1) is 11.3 Å². The number of fused-ring (bicyclic) bond motifs is 4. The molecule has 1 saturated heterocycles. The van der Waals surface area contributed by atoms with Gasteiger partial charge >= 0.3 is 12.0 Å². The minimum Gasteiger partial charge on any atom is -0.497 e. The van der Waals surface area contributed by atoms with E-state index in [9.17, 15) is 29.1 Å². The summed E-state index contributed by atoms with van der Waals surface area (Å²) in [6.45, 7) is 9.53. The number of allylic oxidation sites excluding steroid dienone is 1. The van der Waals surface area contributed by atoms with Crippen LogP contribution in [-0.2, 0) is 14.4 Å². The number of hydrogen-bond acceptors (Lipinski definition) is 12. The Balaban J connectivity index is 1.08. The van der Waals surface area contributed by atoms with E-state index < -0.39 is 76.7 Å². The van der Waals surface area contributed by atoms with Crippen LogP contribution in [0.1, 0.15) is 100 Å². The molecule has 1 saturated carbocycles. The first kappa shape index (κ1) is 47.0. The molecule has 18 heteroatoms. The lowest BCUT2D eigenvalue weighted by atomic mass is 9.86. The number of thiazole rings is 1. The maximum atomic E-state index is 15.0. The van der Waals surface area contributed by atoms with Crippen LogP contribution in [0.3, 0.4) is 0 Å². The van der Waals surface area contributed by atoms with Gasteiger partial charge in [-0.05, 0) is 69.2 Å². The lowest BCUT2D eigenvalue weighted by Crippen LogP contribution is -2.59. The number of urea groups is 1. The van der Waals surface area contributed by atoms with Gasteiger partial charge in [0.2, 0.25) is 11.8 Å². The van der Waals surface area contributed by atoms with E-state index in [0.717, 1.165) is 22.9 Å². The molecule has 8 rings (SSSR count). The number of ether oxygens (including phenoxy) is 2. The lowest BCUT2D eigenvalue weighted by molar-refractivity contribution is -0.145. The maximum absolute atomic E-state index is 15.0. The SMILES string of the molecule is COc1ccc2c(O[C@@H]3C[C@H]4C(=O)N[C@]5(C(=O)O)CC5/C=C\CCCCC[C@H](NC(=O)N[C@H](CN5C(=O)c6ccccc6C5=O)C(C)(C)C)C(=O)N4C3)cc(-c3csc(NC(C)C)n3)nc2c1. The number of nitrogens with one attached hydrogen (secondary N) is 4. The number of nitrogens with zero attached hydrogens (tertiary/aromatic N) is 4. The van der Waals surface area contributed by atoms with Crippen molar-refractivity contribution >= 4 is 63.0 Å². The van der Waals surface area contributed by atoms with Crippen molar-refractivity contribution in [3.8, 4) is 22.9 Å². The Morgan fingerprint density at radius 3 is 2.43 bits per heavy atom. The molecule has 2 aromatic carbocycles. The van der Waals surface area contributed by atoms with Gasteiger partial charge in [0.1, 0.15) is 40.9 Å². The fourth-order valence-corrected chi connectivity index (χ4v) is 9.90. The standard InChI is InChI=1S/C49H58N8O9S/c1-27(2)50-47-53-37(26-67-47)36-22-39(33-19-18-29(65-6)20-35(33)51-36)66-30-21-38-41(58)55-49(45(62)63)23-28(49)14-10-8-7-9-11-17-34(44(61)56(38)24-30)52-46(64)54-40(48(3,4)5)25-57-42(59)31-15-12-13-16-32(31)43(57)60/h10,12-16,18-20,22,26-28,30,34,38,40H,7-9,11,17,21,23-25H2,1-6H3,(H,50,53)(H,55,58)(H,62,63)(H2,52,54,64)/b14-10-/t28?,30-,34+,38+,40-,49-/m1/s1. The second-order valence-corrected chi connectivity index (χ2v) is 20.1. The van der Waals surface area contributed by atoms with Crippen molar-refractivity contribution < 1.29 is 43.3 Å². The second kappa shape index (κ2) is 19.0. The first-order chi connectivity index (χ1) is 31.9. The predicted molar refractivity (Wildman–Crippen MR) is 252 cm³/mol. The van der Waals surface area contributed by atoms with E-state index in [1.165, 1.54) is 16.2 Å². The molecule has 0 bridgehead atoms. The zero-order valence-corrected chi connectivity index (χ0v) is 39.4. The summed E-state index contributed by atoms with van der Waals surface area (Å²) in [7, 11) is 1.57. The van der Waals surface area contributed by atoms with Crippen LogP contribution in [0.2, 0.25) is 0 Å². The minimum atomic E-state index is -1.52. The van der Waals surface area contributed by atoms with E-state index in [2.05, 4.69) is 21.3 Å². The summed E-state index contributed by atoms with van der Waals surface area (Å²) in [6.07, 6.45) is 6.26. The molecule has 5 heterocycles. The van der Waals surface area contributed by atoms with Gasteiger partial charge in [-0.25, -0.2) is 19.6 Å². The molecule has 1 unspecified atom stereocenters. The van der Waals surface area contributed by atoms with Gasteiger partial charge in [-0.1, -0.05) is 57.9 Å². The number of aliphatic carboxylic acids is 1. The first-order valence-corrected chi connectivity index (χ1v) is 23.8. The number of methoxy groups -OCH3 is 1. The summed E-state index contributed by atoms with van der Waals surface area (Å²) >= 11 is 1.45. The minimum absolute atomic E-state index is 0.0214. The molecule has 3 aliphatic heterocycles. The third kappa shape index (κ3) is 9.94. The number of carbonyl (C=O) groups is 6. The van der Waals surface area contributed by atoms with Gasteiger partial charge in [-0.2, -0.15) is 0 Å². The maximum Gasteiger partial charge on any atom is 0.330 e. The molecule has 4 aliphatic rings. The topological polar surface area (TPSA) is 221 Å². The van der Waals surface area contributed by atoms with Crippen molar-refractivity contribution in [3.63, 3.8) is 0 Å². The van der Waals surface area contributed by atoms with Crippen molar-refractivity contribution in [2.75, 3.05) is 25.5 Å². The van der Waals surface area contributed by atoms with Crippen LogP contribution in [0.5, 0.6) is 11.5 Å². The van der Waals surface area contributed by atoms with Crippen LogP contribution in [0.4, 0.5) is 9.93 Å². The molecule has 67 heavy (non-hydrogen) atoms. The number of pyridine rings is 1. The van der Waals surface area contributed by atoms with E-state index in [1.807, 2.05) is 58.2 Å². The van der Waals surface area contributed by atoms with E-state index >= 15 is 4.79 Å². The molecular weight excluding hydrogens is 877 g/mol. The molecule has 6 amide bonds. The molecule has 5 N–H and O–H groups in total. The van der Waals surface area contributed by atoms with Gasteiger partial charge in [-0.3, -0.25) is 24.1 Å². The normalized spacial score (nSPS) is 24.2. The Morgan fingerprint density at radius 1 is 1.00 bits per heavy atom. The number of carbonyl (C=O) groups excluding carboxylic acids is 5. The quantitative estimate of drug-likeness (QED) is 0.0816. The van der Waals surface area contributed by atoms with Crippen molar-refractivity contribution in [1.82, 2.24) is 35.7 Å². The number of carboxylic acid groups (broad SMARTS) is 1. The highest BCUT2D eigenvalue weighted by Gasteiger charge is 2.61. The van der Waals surface area contributed by atoms with E-state index in [-0.39, 0.29) is 38.4 Å². The smallest absolute Gasteiger partial charge is 0.330 e. The molecule has 0 spiro atoms. The molecule has 2 aromatic heterocycles. The Labute approximate surface area is 393 Å². The fraction of sp³-hybridized carbons (Fsp3) is 0.469. The highest BCUT2D eigenvalue weighted by Crippen LogP contribution is 2.46. The summed E-state index contributed by atoms with van der Waals surface area (Å²) in [6, 6.07) is 10.3. The number of anilines is 1. The van der Waals surface area contributed by atoms with Gasteiger partial charge in [0.05, 0.1) is 48.6 Å². The Bertz CT molecular complexity index is 2590. The zero-order valence-electron chi connectivity index (χ0n) is 38.6. The molecular formula is C49H58N8O9S. The third-order valence-electron chi connectivity index (χ3n) is 13.0. The molecule has 1 aliphatic carbocycles. The Morgan fingerprint density at radius 2 is 1.75 bits per heavy atom. The third-order valence-corrected chi connectivity index (χ3v) is 13.7. The number of benzene rings is 2. The fourth-order valence-electron chi connectivity index (χ4n) is 9.04. The monoisotopic (exact) mass is 934 g/mol. The number of aromatic nitrogens is 2. The molecule has 17 nitrogen and oxygen atoms in total. The van der Waals surface area contributed by atoms with Gasteiger partial charge in [0.25, 0.3) is 11.8 Å². The van der Waals surface area contributed by atoms with Crippen LogP contribution in [-0.4, -0.2) is 117 Å². The second-order valence-electron chi connectivity index (χ2n) is 19.2. The lowest BCUT2D eigenvalue weighted by Gasteiger charge is -2.35. The summed E-state index contributed by atoms with van der Waals surface area (Å²) in [5.41, 5.74) is 0.162. The molecule has 354 valence electrons. The van der Waals surface area contributed by atoms with Gasteiger partial charge in [0, 0.05) is 41.3 Å². The Hall–Kier alpha value is -6.56. The summed E-state index contributed by atoms with van der Waals surface area (Å²) in [5.74, 6) is -2.62. The zero-order chi connectivity index (χ0) is 47.8. The highest BCUT2D eigenvalue weighted by molar-refractivity contribution is 7.14. The number of rotatable bonds is 11. The van der Waals surface area contributed by atoms with Crippen LogP contribution in [0.25, 0.3) is 22.3 Å². The number of carboxylic acids is 1. The Kier molecular flexibility index (Phi) is 13.3. The largest absolute Gasteiger partial charge is 0.497 e. The van der Waals surface area contributed by atoms with E-state index in [1.54, 1.807) is 49.6 Å². The summed E-state index contributed by atoms with van der Waals surface area (Å²) in [5, 5.41) is 25.7. The molecule has 4 aromatic rings. The first-order valence-electron chi connectivity index (χ1n) is 22.9. The summed E-state index contributed by atoms with van der Waals surface area (Å²) in [4.78, 5) is 95.2. The van der Waals surface area contributed by atoms with Crippen molar-refractivity contribution in [2.45, 2.75) is 115 Å². The van der Waals surface area contributed by atoms with Crippen LogP contribution in [0.15, 0.2) is 66.1 Å². The van der Waals surface area contributed by atoms with Crippen molar-refractivity contribution in [2.24, 2.45) is 11.3 Å². The van der Waals surface area contributed by atoms with E-state index in [0.29, 0.717) is 57.8 Å². The average Bonchev–Trinajstić information content (AvgIpc) is 3.51. The molecule has 0 radical (unpaired) electrons. The number of amides is 6. The van der Waals surface area contributed by atoms with Gasteiger partial charge in [0.15, 0.2) is 5.13 Å². The van der Waals surface area contributed by atoms with Crippen LogP contribution < -0.4 is 30.7 Å². The van der Waals surface area contributed by atoms with Gasteiger partial charge < -0.3 is 40.7 Å². The number of hydrogen-bond donors (Lipinski definition) is 5. The van der Waals surface area contributed by atoms with Crippen molar-refractivity contribution in [1.29, 1.82) is 0 Å². The van der Waals surface area contributed by atoms with E-state index in [4.69, 9.17) is 19.4 Å². The molecule has 6 atom stereocenters. The number of imide groups is 1. The summed E-state index contributed by atoms with van der Waals surface area (Å²) < 4.78 is 12.3.